The van der Waals surface area contributed by atoms with Gasteiger partial charge in [-0.05, 0) is 18.9 Å². The summed E-state index contributed by atoms with van der Waals surface area (Å²) in [6.45, 7) is 3.85. The lowest BCUT2D eigenvalue weighted by Crippen LogP contribution is -2.46. The van der Waals surface area contributed by atoms with Crippen molar-refractivity contribution in [2.24, 2.45) is 0 Å². The number of benzene rings is 1. The predicted molar refractivity (Wildman–Crippen MR) is 79.7 cm³/mol. The van der Waals surface area contributed by atoms with Gasteiger partial charge in [0.2, 0.25) is 5.91 Å². The molecule has 1 heterocycles. The largest absolute Gasteiger partial charge is 0.480 e. The molecule has 5 heteroatoms. The van der Waals surface area contributed by atoms with Gasteiger partial charge in [0.05, 0.1) is 11.3 Å². The highest BCUT2D eigenvalue weighted by atomic mass is 32.2. The molecule has 0 aromatic heterocycles. The first-order valence-corrected chi connectivity index (χ1v) is 7.82. The molecule has 1 aliphatic rings. The van der Waals surface area contributed by atoms with Gasteiger partial charge in [-0.3, -0.25) is 4.79 Å². The zero-order chi connectivity index (χ0) is 14.7. The first kappa shape index (κ1) is 14.9. The van der Waals surface area contributed by atoms with Crippen LogP contribution in [0.3, 0.4) is 0 Å². The van der Waals surface area contributed by atoms with Crippen LogP contribution < -0.4 is 0 Å². The zero-order valence-corrected chi connectivity index (χ0v) is 12.5. The van der Waals surface area contributed by atoms with Gasteiger partial charge >= 0.3 is 5.97 Å². The molecule has 1 aromatic carbocycles. The Labute approximate surface area is 123 Å². The summed E-state index contributed by atoms with van der Waals surface area (Å²) in [5.41, 5.74) is 0.952. The van der Waals surface area contributed by atoms with E-state index in [2.05, 4.69) is 0 Å². The van der Waals surface area contributed by atoms with E-state index in [9.17, 15) is 14.7 Å². The van der Waals surface area contributed by atoms with Gasteiger partial charge in [0.1, 0.15) is 6.04 Å². The molecule has 0 aliphatic carbocycles. The average molecular weight is 293 g/mol. The molecule has 0 saturated carbocycles. The molecule has 1 saturated heterocycles. The van der Waals surface area contributed by atoms with Crippen molar-refractivity contribution in [1.29, 1.82) is 0 Å². The van der Waals surface area contributed by atoms with E-state index in [-0.39, 0.29) is 17.2 Å². The molecule has 20 heavy (non-hydrogen) atoms. The minimum Gasteiger partial charge on any atom is -0.480 e. The number of hydrogen-bond donors (Lipinski definition) is 1. The third-order valence-corrected chi connectivity index (χ3v) is 4.89. The number of aliphatic carboxylic acids is 1. The summed E-state index contributed by atoms with van der Waals surface area (Å²) in [5.74, 6) is -0.797. The molecule has 108 valence electrons. The quantitative estimate of drug-likeness (QED) is 0.927. The summed E-state index contributed by atoms with van der Waals surface area (Å²) >= 11 is 1.52. The number of carbonyl (C=O) groups is 2. The number of amides is 1. The molecule has 0 spiro atoms. The normalized spacial score (nSPS) is 23.6. The van der Waals surface area contributed by atoms with Crippen LogP contribution in [-0.2, 0) is 9.59 Å². The molecule has 4 nitrogen and oxygen atoms in total. The second-order valence-corrected chi connectivity index (χ2v) is 6.25. The van der Waals surface area contributed by atoms with Crippen molar-refractivity contribution in [2.75, 3.05) is 5.75 Å². The lowest BCUT2D eigenvalue weighted by molar-refractivity contribution is -0.149. The summed E-state index contributed by atoms with van der Waals surface area (Å²) in [5, 5.41) is 9.19. The van der Waals surface area contributed by atoms with Crippen LogP contribution in [0.2, 0.25) is 0 Å². The number of carboxylic acids is 1. The van der Waals surface area contributed by atoms with Crippen LogP contribution in [0.1, 0.15) is 31.7 Å². The molecule has 0 bridgehead atoms. The van der Waals surface area contributed by atoms with Crippen LogP contribution in [0.15, 0.2) is 30.3 Å². The highest BCUT2D eigenvalue weighted by Crippen LogP contribution is 2.33. The molecule has 1 fully saturated rings. The molecule has 1 aromatic rings. The lowest BCUT2D eigenvalue weighted by Gasteiger charge is -2.29. The molecular formula is C15H19NO3S. The maximum absolute atomic E-state index is 12.8. The van der Waals surface area contributed by atoms with E-state index in [1.807, 2.05) is 44.2 Å². The van der Waals surface area contributed by atoms with Crippen molar-refractivity contribution in [3.05, 3.63) is 35.9 Å². The van der Waals surface area contributed by atoms with Crippen LogP contribution >= 0.6 is 11.8 Å². The fraction of sp³-hybridized carbons (Fsp3) is 0.467. The molecule has 3 unspecified atom stereocenters. The Kier molecular flexibility index (Phi) is 4.70. The third kappa shape index (κ3) is 2.82. The van der Waals surface area contributed by atoms with Gasteiger partial charge in [-0.15, -0.1) is 11.8 Å². The van der Waals surface area contributed by atoms with E-state index in [1.54, 1.807) is 0 Å². The van der Waals surface area contributed by atoms with Crippen molar-refractivity contribution in [1.82, 2.24) is 4.90 Å². The monoisotopic (exact) mass is 293 g/mol. The van der Waals surface area contributed by atoms with Crippen molar-refractivity contribution in [3.8, 4) is 0 Å². The van der Waals surface area contributed by atoms with Crippen LogP contribution in [-0.4, -0.2) is 39.1 Å². The molecular weight excluding hydrogens is 274 g/mol. The van der Waals surface area contributed by atoms with E-state index in [1.165, 1.54) is 16.7 Å². The number of nitrogens with zero attached hydrogens (tertiary/aromatic N) is 1. The second kappa shape index (κ2) is 6.31. The molecule has 3 atom stereocenters. The highest BCUT2D eigenvalue weighted by molar-refractivity contribution is 8.00. The van der Waals surface area contributed by atoms with Gasteiger partial charge in [0.25, 0.3) is 0 Å². The maximum atomic E-state index is 12.8. The fourth-order valence-corrected chi connectivity index (χ4v) is 3.76. The molecule has 1 N–H and O–H groups in total. The minimum atomic E-state index is -0.918. The van der Waals surface area contributed by atoms with Gasteiger partial charge in [0.15, 0.2) is 0 Å². The Hall–Kier alpha value is -1.49. The standard InChI is InChI=1S/C15H19NO3S/c1-3-12(11-7-5-4-6-8-11)14(17)16-10(2)20-9-13(16)15(18)19/h4-8,10,12-13H,3,9H2,1-2H3,(H,18,19). The Bertz CT molecular complexity index is 491. The van der Waals surface area contributed by atoms with Crippen LogP contribution in [0.4, 0.5) is 0 Å². The van der Waals surface area contributed by atoms with Gasteiger partial charge in [-0.1, -0.05) is 37.3 Å². The van der Waals surface area contributed by atoms with Crippen LogP contribution in [0.25, 0.3) is 0 Å². The first-order chi connectivity index (χ1) is 9.56. The maximum Gasteiger partial charge on any atom is 0.327 e. The zero-order valence-electron chi connectivity index (χ0n) is 11.7. The van der Waals surface area contributed by atoms with Gasteiger partial charge in [0, 0.05) is 5.75 Å². The summed E-state index contributed by atoms with van der Waals surface area (Å²) in [6, 6.07) is 8.87. The predicted octanol–water partition coefficient (Wildman–Crippen LogP) is 2.55. The Morgan fingerprint density at radius 2 is 2.05 bits per heavy atom. The van der Waals surface area contributed by atoms with E-state index in [0.29, 0.717) is 12.2 Å². The van der Waals surface area contributed by atoms with Crippen molar-refractivity contribution >= 4 is 23.6 Å². The topological polar surface area (TPSA) is 57.6 Å². The number of thioether (sulfide) groups is 1. The van der Waals surface area contributed by atoms with Gasteiger partial charge in [-0.2, -0.15) is 0 Å². The lowest BCUT2D eigenvalue weighted by atomic mass is 9.94. The molecule has 2 rings (SSSR count). The molecule has 1 amide bonds. The van der Waals surface area contributed by atoms with Crippen molar-refractivity contribution in [3.63, 3.8) is 0 Å². The Balaban J connectivity index is 2.26. The van der Waals surface area contributed by atoms with Crippen LogP contribution in [0.5, 0.6) is 0 Å². The first-order valence-electron chi connectivity index (χ1n) is 6.77. The fourth-order valence-electron chi connectivity index (χ4n) is 2.59. The van der Waals surface area contributed by atoms with E-state index in [4.69, 9.17) is 0 Å². The minimum absolute atomic E-state index is 0.0800. The number of carboxylic acid groups (broad SMARTS) is 1. The van der Waals surface area contributed by atoms with E-state index < -0.39 is 12.0 Å². The second-order valence-electron chi connectivity index (χ2n) is 4.90. The number of rotatable bonds is 4. The number of hydrogen-bond acceptors (Lipinski definition) is 3. The Morgan fingerprint density at radius 1 is 1.40 bits per heavy atom. The third-order valence-electron chi connectivity index (χ3n) is 3.67. The van der Waals surface area contributed by atoms with E-state index >= 15 is 0 Å². The SMILES string of the molecule is CCC(C(=O)N1C(C)SCC1C(=O)O)c1ccccc1. The molecule has 1 aliphatic heterocycles. The van der Waals surface area contributed by atoms with Crippen molar-refractivity contribution in [2.45, 2.75) is 37.6 Å². The Morgan fingerprint density at radius 3 is 2.60 bits per heavy atom. The van der Waals surface area contributed by atoms with Crippen LogP contribution in [0, 0.1) is 0 Å². The highest BCUT2D eigenvalue weighted by Gasteiger charge is 2.41. The summed E-state index contributed by atoms with van der Waals surface area (Å²) in [4.78, 5) is 25.6. The number of carbonyl (C=O) groups excluding carboxylic acids is 1. The molecule has 0 radical (unpaired) electrons. The average Bonchev–Trinajstić information content (AvgIpc) is 2.82. The summed E-state index contributed by atoms with van der Waals surface area (Å²) in [7, 11) is 0. The smallest absolute Gasteiger partial charge is 0.327 e. The summed E-state index contributed by atoms with van der Waals surface area (Å²) < 4.78 is 0. The van der Waals surface area contributed by atoms with Gasteiger partial charge < -0.3 is 10.0 Å². The van der Waals surface area contributed by atoms with Crippen molar-refractivity contribution < 1.29 is 14.7 Å². The van der Waals surface area contributed by atoms with Gasteiger partial charge in [-0.25, -0.2) is 4.79 Å². The van der Waals surface area contributed by atoms with E-state index in [0.717, 1.165) is 5.56 Å². The summed E-state index contributed by atoms with van der Waals surface area (Å²) in [6.07, 6.45) is 0.670.